The van der Waals surface area contributed by atoms with E-state index in [1.54, 1.807) is 0 Å². The second-order valence-electron chi connectivity index (χ2n) is 4.59. The Labute approximate surface area is 101 Å². The van der Waals surface area contributed by atoms with Gasteiger partial charge in [-0.25, -0.2) is 0 Å². The molecule has 1 atom stereocenters. The predicted molar refractivity (Wildman–Crippen MR) is 65.6 cm³/mol. The van der Waals surface area contributed by atoms with Crippen LogP contribution in [0.1, 0.15) is 23.5 Å². The minimum absolute atomic E-state index is 0.346. The molecule has 0 aliphatic carbocycles. The summed E-state index contributed by atoms with van der Waals surface area (Å²) in [5.41, 5.74) is 2.66. The zero-order valence-corrected chi connectivity index (χ0v) is 10.1. The normalized spacial score (nSPS) is 22.1. The number of benzene rings is 1. The van der Waals surface area contributed by atoms with E-state index in [-0.39, 0.29) is 0 Å². The second-order valence-corrected chi connectivity index (χ2v) is 4.59. The van der Waals surface area contributed by atoms with Crippen LogP contribution >= 0.6 is 0 Å². The van der Waals surface area contributed by atoms with Crippen molar-refractivity contribution < 1.29 is 9.47 Å². The molecule has 0 bridgehead atoms. The average Bonchev–Trinajstić information content (AvgIpc) is 3.00. The van der Waals surface area contributed by atoms with Crippen molar-refractivity contribution >= 4 is 0 Å². The highest BCUT2D eigenvalue weighted by molar-refractivity contribution is 5.53. The molecule has 0 unspecified atom stereocenters. The highest BCUT2D eigenvalue weighted by atomic mass is 16.7. The van der Waals surface area contributed by atoms with E-state index in [1.165, 1.54) is 17.5 Å². The SMILES string of the molecule is CNCc1c([C@H]2CCNC2)ccc2c1OCO2. The molecular formula is C13H18N2O2. The van der Waals surface area contributed by atoms with E-state index < -0.39 is 0 Å². The van der Waals surface area contributed by atoms with Gasteiger partial charge in [0.05, 0.1) is 0 Å². The molecule has 1 saturated heterocycles. The summed E-state index contributed by atoms with van der Waals surface area (Å²) >= 11 is 0. The van der Waals surface area contributed by atoms with Gasteiger partial charge in [-0.1, -0.05) is 6.07 Å². The van der Waals surface area contributed by atoms with Gasteiger partial charge in [0, 0.05) is 18.7 Å². The van der Waals surface area contributed by atoms with Crippen LogP contribution in [0.3, 0.4) is 0 Å². The largest absolute Gasteiger partial charge is 0.454 e. The van der Waals surface area contributed by atoms with Crippen molar-refractivity contribution in [2.45, 2.75) is 18.9 Å². The molecule has 2 heterocycles. The summed E-state index contributed by atoms with van der Waals surface area (Å²) < 4.78 is 11.0. The highest BCUT2D eigenvalue weighted by Crippen LogP contribution is 2.40. The minimum Gasteiger partial charge on any atom is -0.454 e. The standard InChI is InChI=1S/C13H18N2O2/c1-14-7-11-10(9-4-5-15-6-9)2-3-12-13(11)17-8-16-12/h2-3,9,14-15H,4-8H2,1H3/t9-/m0/s1. The number of fused-ring (bicyclic) bond motifs is 1. The van der Waals surface area contributed by atoms with Gasteiger partial charge in [-0.2, -0.15) is 0 Å². The molecule has 0 radical (unpaired) electrons. The quantitative estimate of drug-likeness (QED) is 0.825. The van der Waals surface area contributed by atoms with Crippen molar-refractivity contribution in [2.24, 2.45) is 0 Å². The van der Waals surface area contributed by atoms with Crippen LogP contribution in [-0.2, 0) is 6.54 Å². The third-order valence-electron chi connectivity index (χ3n) is 3.53. The zero-order chi connectivity index (χ0) is 11.7. The van der Waals surface area contributed by atoms with Crippen molar-refractivity contribution in [3.8, 4) is 11.5 Å². The van der Waals surface area contributed by atoms with Gasteiger partial charge in [-0.05, 0) is 37.6 Å². The maximum Gasteiger partial charge on any atom is 0.231 e. The van der Waals surface area contributed by atoms with Gasteiger partial charge in [0.1, 0.15) is 0 Å². The van der Waals surface area contributed by atoms with Crippen LogP contribution in [0.5, 0.6) is 11.5 Å². The van der Waals surface area contributed by atoms with Crippen LogP contribution in [0.2, 0.25) is 0 Å². The van der Waals surface area contributed by atoms with Crippen molar-refractivity contribution in [1.82, 2.24) is 10.6 Å². The third kappa shape index (κ3) is 1.87. The highest BCUT2D eigenvalue weighted by Gasteiger charge is 2.25. The lowest BCUT2D eigenvalue weighted by atomic mass is 9.92. The Morgan fingerprint density at radius 2 is 2.35 bits per heavy atom. The van der Waals surface area contributed by atoms with Gasteiger partial charge in [-0.3, -0.25) is 0 Å². The molecule has 0 spiro atoms. The second kappa shape index (κ2) is 4.55. The van der Waals surface area contributed by atoms with E-state index in [1.807, 2.05) is 13.1 Å². The first-order chi connectivity index (χ1) is 8.40. The Morgan fingerprint density at radius 1 is 1.41 bits per heavy atom. The Balaban J connectivity index is 2.01. The molecule has 2 aliphatic rings. The Hall–Kier alpha value is -1.26. The molecule has 0 saturated carbocycles. The summed E-state index contributed by atoms with van der Waals surface area (Å²) in [4.78, 5) is 0. The molecular weight excluding hydrogens is 216 g/mol. The van der Waals surface area contributed by atoms with Crippen LogP contribution in [0.25, 0.3) is 0 Å². The molecule has 1 aromatic rings. The van der Waals surface area contributed by atoms with Crippen LogP contribution < -0.4 is 20.1 Å². The predicted octanol–water partition coefficient (Wildman–Crippen LogP) is 1.21. The number of rotatable bonds is 3. The van der Waals surface area contributed by atoms with Gasteiger partial charge >= 0.3 is 0 Å². The van der Waals surface area contributed by atoms with Crippen LogP contribution in [0, 0.1) is 0 Å². The van der Waals surface area contributed by atoms with Crippen molar-refractivity contribution in [2.75, 3.05) is 26.9 Å². The molecule has 1 aromatic carbocycles. The van der Waals surface area contributed by atoms with Crippen molar-refractivity contribution in [1.29, 1.82) is 0 Å². The summed E-state index contributed by atoms with van der Waals surface area (Å²) in [5, 5.41) is 6.64. The molecule has 2 aliphatic heterocycles. The lowest BCUT2D eigenvalue weighted by molar-refractivity contribution is 0.173. The fraction of sp³-hybridized carbons (Fsp3) is 0.538. The third-order valence-corrected chi connectivity index (χ3v) is 3.53. The topological polar surface area (TPSA) is 42.5 Å². The van der Waals surface area contributed by atoms with Gasteiger partial charge in [-0.15, -0.1) is 0 Å². The monoisotopic (exact) mass is 234 g/mol. The van der Waals surface area contributed by atoms with E-state index in [9.17, 15) is 0 Å². The van der Waals surface area contributed by atoms with E-state index in [0.29, 0.717) is 12.7 Å². The molecule has 17 heavy (non-hydrogen) atoms. The molecule has 3 rings (SSSR count). The van der Waals surface area contributed by atoms with E-state index >= 15 is 0 Å². The molecule has 4 nitrogen and oxygen atoms in total. The molecule has 4 heteroatoms. The van der Waals surface area contributed by atoms with Crippen LogP contribution in [0.15, 0.2) is 12.1 Å². The summed E-state index contributed by atoms with van der Waals surface area (Å²) in [7, 11) is 1.96. The van der Waals surface area contributed by atoms with Crippen LogP contribution in [0.4, 0.5) is 0 Å². The zero-order valence-electron chi connectivity index (χ0n) is 10.1. The van der Waals surface area contributed by atoms with E-state index in [2.05, 4.69) is 16.7 Å². The average molecular weight is 234 g/mol. The van der Waals surface area contributed by atoms with Gasteiger partial charge < -0.3 is 20.1 Å². The summed E-state index contributed by atoms with van der Waals surface area (Å²) in [5.74, 6) is 2.42. The maximum atomic E-state index is 5.60. The van der Waals surface area contributed by atoms with E-state index in [0.717, 1.165) is 31.1 Å². The molecule has 0 amide bonds. The molecule has 1 fully saturated rings. The van der Waals surface area contributed by atoms with Crippen molar-refractivity contribution in [3.63, 3.8) is 0 Å². The molecule has 2 N–H and O–H groups in total. The first kappa shape index (κ1) is 10.9. The van der Waals surface area contributed by atoms with Crippen molar-refractivity contribution in [3.05, 3.63) is 23.3 Å². The summed E-state index contributed by atoms with van der Waals surface area (Å²) in [6, 6.07) is 4.23. The Kier molecular flexibility index (Phi) is 2.91. The number of ether oxygens (including phenoxy) is 2. The number of hydrogen-bond donors (Lipinski definition) is 2. The molecule has 92 valence electrons. The fourth-order valence-corrected chi connectivity index (χ4v) is 2.71. The number of hydrogen-bond acceptors (Lipinski definition) is 4. The first-order valence-corrected chi connectivity index (χ1v) is 6.17. The minimum atomic E-state index is 0.346. The van der Waals surface area contributed by atoms with Gasteiger partial charge in [0.2, 0.25) is 6.79 Å². The first-order valence-electron chi connectivity index (χ1n) is 6.17. The number of nitrogens with one attached hydrogen (secondary N) is 2. The summed E-state index contributed by atoms with van der Waals surface area (Å²) in [6.07, 6.45) is 1.20. The van der Waals surface area contributed by atoms with Gasteiger partial charge in [0.15, 0.2) is 11.5 Å². The van der Waals surface area contributed by atoms with Gasteiger partial charge in [0.25, 0.3) is 0 Å². The lowest BCUT2D eigenvalue weighted by Crippen LogP contribution is -2.13. The maximum absolute atomic E-state index is 5.60. The summed E-state index contributed by atoms with van der Waals surface area (Å²) in [6.45, 7) is 3.35. The Morgan fingerprint density at radius 3 is 3.12 bits per heavy atom. The van der Waals surface area contributed by atoms with E-state index in [4.69, 9.17) is 9.47 Å². The lowest BCUT2D eigenvalue weighted by Gasteiger charge is -2.16. The Bertz CT molecular complexity index is 414. The smallest absolute Gasteiger partial charge is 0.231 e. The van der Waals surface area contributed by atoms with Crippen LogP contribution in [-0.4, -0.2) is 26.9 Å². The fourth-order valence-electron chi connectivity index (χ4n) is 2.71. The molecule has 0 aromatic heterocycles.